The molecular weight excluding hydrogens is 605 g/mol. The molecule has 50 heavy (non-hydrogen) atoms. The Balaban J connectivity index is 1.25. The lowest BCUT2D eigenvalue weighted by atomic mass is 9.95. The normalized spacial score (nSPS) is 14.0. The van der Waals surface area contributed by atoms with Crippen LogP contribution in [0.5, 0.6) is 0 Å². The lowest BCUT2D eigenvalue weighted by Gasteiger charge is -2.15. The van der Waals surface area contributed by atoms with Crippen LogP contribution in [0.15, 0.2) is 182 Å². The van der Waals surface area contributed by atoms with Crippen molar-refractivity contribution in [1.29, 1.82) is 0 Å². The van der Waals surface area contributed by atoms with Gasteiger partial charge in [-0.05, 0) is 86.6 Å². The van der Waals surface area contributed by atoms with Crippen LogP contribution in [-0.2, 0) is 0 Å². The van der Waals surface area contributed by atoms with Crippen molar-refractivity contribution in [3.63, 3.8) is 0 Å². The van der Waals surface area contributed by atoms with Crippen LogP contribution in [0.3, 0.4) is 0 Å². The van der Waals surface area contributed by atoms with Gasteiger partial charge in [0.25, 0.3) is 0 Å². The number of aromatic nitrogens is 2. The molecule has 9 aromatic carbocycles. The quantitative estimate of drug-likeness (QED) is 0.182. The molecule has 0 radical (unpaired) electrons. The third-order valence-corrected chi connectivity index (χ3v) is 10.1. The first-order valence-corrected chi connectivity index (χ1v) is 16.7. The maximum atomic E-state index is 9.31. The number of rotatable bonds is 3. The average Bonchev–Trinajstić information content (AvgIpc) is 3.75. The Kier molecular flexibility index (Phi) is 4.45. The van der Waals surface area contributed by atoms with Crippen LogP contribution in [0.4, 0.5) is 0 Å². The summed E-state index contributed by atoms with van der Waals surface area (Å²) in [6.07, 6.45) is 0. The zero-order valence-corrected chi connectivity index (χ0v) is 26.7. The van der Waals surface area contributed by atoms with Crippen LogP contribution in [0.25, 0.3) is 98.4 Å². The Morgan fingerprint density at radius 3 is 2.00 bits per heavy atom. The summed E-state index contributed by atoms with van der Waals surface area (Å²) < 4.78 is 65.7. The van der Waals surface area contributed by atoms with Gasteiger partial charge >= 0.3 is 0 Å². The van der Waals surface area contributed by atoms with E-state index >= 15 is 0 Å². The molecule has 2 heteroatoms. The number of fused-ring (bicyclic) bond motifs is 10. The average molecular weight is 642 g/mol. The highest BCUT2D eigenvalue weighted by Crippen LogP contribution is 2.43. The van der Waals surface area contributed by atoms with Gasteiger partial charge in [0.1, 0.15) is 0 Å². The van der Waals surface area contributed by atoms with Crippen LogP contribution in [0.1, 0.15) is 9.60 Å². The minimum atomic E-state index is -0.483. The van der Waals surface area contributed by atoms with E-state index < -0.39 is 18.1 Å². The molecule has 0 N–H and O–H groups in total. The standard InChI is InChI=1S/C48H30N2/c1-2-15-35(16-3-1)49-45-26-24-32-13-6-7-17-37(32)48(45)42-29-41-40-20-10-11-21-43(40)50(46(41)30-47(42)49)44-27-25-36(38-18-8-9-19-39(38)44)34-23-22-31-12-4-5-14-33(31)28-34/h1-30H/i4D,5D,12D,14D,22D,23D,28D. The number of hydrogen-bond acceptors (Lipinski definition) is 0. The molecule has 0 saturated carbocycles. The van der Waals surface area contributed by atoms with Gasteiger partial charge in [-0.25, -0.2) is 0 Å². The molecule has 0 fully saturated rings. The molecule has 0 aliphatic rings. The van der Waals surface area contributed by atoms with E-state index in [-0.39, 0.29) is 40.5 Å². The van der Waals surface area contributed by atoms with Crippen molar-refractivity contribution in [2.45, 2.75) is 0 Å². The molecule has 11 rings (SSSR count). The van der Waals surface area contributed by atoms with Gasteiger partial charge in [0.15, 0.2) is 0 Å². The van der Waals surface area contributed by atoms with E-state index in [1.54, 1.807) is 0 Å². The first-order chi connectivity index (χ1) is 27.7. The van der Waals surface area contributed by atoms with E-state index in [1.807, 2.05) is 48.5 Å². The van der Waals surface area contributed by atoms with Crippen molar-refractivity contribution < 1.29 is 9.60 Å². The Bertz CT molecular complexity index is 3550. The third kappa shape index (κ3) is 3.85. The largest absolute Gasteiger partial charge is 0.309 e. The Morgan fingerprint density at radius 1 is 0.400 bits per heavy atom. The molecule has 0 unspecified atom stereocenters. The fourth-order valence-electron chi connectivity index (χ4n) is 7.98. The molecule has 2 nitrogen and oxygen atoms in total. The molecule has 0 bridgehead atoms. The Hall–Kier alpha value is -6.64. The molecule has 0 amide bonds. The molecule has 232 valence electrons. The zero-order chi connectivity index (χ0) is 38.9. The van der Waals surface area contributed by atoms with Crippen LogP contribution in [0, 0.1) is 0 Å². The zero-order valence-electron chi connectivity index (χ0n) is 33.7. The molecule has 0 aliphatic heterocycles. The molecular formula is C48H30N2. The Labute approximate surface area is 298 Å². The Morgan fingerprint density at radius 2 is 1.12 bits per heavy atom. The van der Waals surface area contributed by atoms with Crippen molar-refractivity contribution in [3.05, 3.63) is 182 Å². The topological polar surface area (TPSA) is 9.86 Å². The summed E-state index contributed by atoms with van der Waals surface area (Å²) >= 11 is 0. The molecule has 0 spiro atoms. The van der Waals surface area contributed by atoms with Crippen molar-refractivity contribution in [2.24, 2.45) is 0 Å². The first kappa shape index (κ1) is 21.4. The second-order valence-corrected chi connectivity index (χ2v) is 12.8. The fraction of sp³-hybridized carbons (Fsp3) is 0. The minimum absolute atomic E-state index is 0.0573. The van der Waals surface area contributed by atoms with Crippen LogP contribution in [0.2, 0.25) is 0 Å². The first-order valence-electron chi connectivity index (χ1n) is 20.2. The lowest BCUT2D eigenvalue weighted by Crippen LogP contribution is -1.97. The van der Waals surface area contributed by atoms with Crippen molar-refractivity contribution in [2.75, 3.05) is 0 Å². The smallest absolute Gasteiger partial charge is 0.0636 e. The summed E-state index contributed by atoms with van der Waals surface area (Å²) in [6, 6.07) is 45.6. The number of nitrogens with zero attached hydrogens (tertiary/aromatic N) is 2. The second kappa shape index (κ2) is 10.4. The number of benzene rings is 9. The van der Waals surface area contributed by atoms with Gasteiger partial charge in [-0.15, -0.1) is 0 Å². The van der Waals surface area contributed by atoms with Gasteiger partial charge in [-0.3, -0.25) is 0 Å². The SMILES string of the molecule is [2H]c1c([2H])c([2H])c2c([2H])c(-c3ccc(-n4c5ccccc5c5cc6c7c8ccccc8ccc7n(-c7ccccc7)c6cc54)c4ccccc34)c([2H])c([2H])c2c1[2H]. The highest BCUT2D eigenvalue weighted by Gasteiger charge is 2.21. The molecule has 11 aromatic rings. The van der Waals surface area contributed by atoms with Crippen molar-refractivity contribution in [3.8, 4) is 22.5 Å². The van der Waals surface area contributed by atoms with E-state index in [9.17, 15) is 1.37 Å². The van der Waals surface area contributed by atoms with E-state index in [1.165, 1.54) is 16.2 Å². The highest BCUT2D eigenvalue weighted by atomic mass is 15.0. The summed E-state index contributed by atoms with van der Waals surface area (Å²) in [5, 5.41) is 8.41. The van der Waals surface area contributed by atoms with Gasteiger partial charge in [-0.1, -0.05) is 133 Å². The van der Waals surface area contributed by atoms with Gasteiger partial charge < -0.3 is 9.13 Å². The predicted octanol–water partition coefficient (Wildman–Crippen LogP) is 13.0. The monoisotopic (exact) mass is 641 g/mol. The maximum absolute atomic E-state index is 9.31. The molecule has 0 aliphatic carbocycles. The van der Waals surface area contributed by atoms with Gasteiger partial charge in [-0.2, -0.15) is 0 Å². The van der Waals surface area contributed by atoms with Gasteiger partial charge in [0.05, 0.1) is 37.3 Å². The van der Waals surface area contributed by atoms with Gasteiger partial charge in [0.2, 0.25) is 0 Å². The van der Waals surface area contributed by atoms with Crippen LogP contribution in [-0.4, -0.2) is 9.13 Å². The number of para-hydroxylation sites is 2. The van der Waals surface area contributed by atoms with E-state index in [0.29, 0.717) is 5.56 Å². The van der Waals surface area contributed by atoms with Crippen molar-refractivity contribution in [1.82, 2.24) is 9.13 Å². The summed E-state index contributed by atoms with van der Waals surface area (Å²) in [5.41, 5.74) is 6.91. The van der Waals surface area contributed by atoms with Gasteiger partial charge in [0, 0.05) is 32.6 Å². The van der Waals surface area contributed by atoms with Crippen molar-refractivity contribution >= 4 is 75.9 Å². The third-order valence-electron chi connectivity index (χ3n) is 10.1. The fourth-order valence-corrected chi connectivity index (χ4v) is 7.98. The highest BCUT2D eigenvalue weighted by molar-refractivity contribution is 6.25. The van der Waals surface area contributed by atoms with E-state index in [4.69, 9.17) is 8.22 Å². The van der Waals surface area contributed by atoms with E-state index in [2.05, 4.69) is 100 Å². The lowest BCUT2D eigenvalue weighted by molar-refractivity contribution is 1.17. The molecule has 0 atom stereocenters. The second-order valence-electron chi connectivity index (χ2n) is 12.8. The maximum Gasteiger partial charge on any atom is 0.0636 e. The summed E-state index contributed by atoms with van der Waals surface area (Å²) in [5.74, 6) is 0. The summed E-state index contributed by atoms with van der Waals surface area (Å²) in [6.45, 7) is 0. The molecule has 2 heterocycles. The molecule has 0 saturated heterocycles. The minimum Gasteiger partial charge on any atom is -0.309 e. The summed E-state index contributed by atoms with van der Waals surface area (Å²) in [4.78, 5) is 0. The number of hydrogen-bond donors (Lipinski definition) is 0. The van der Waals surface area contributed by atoms with Crippen LogP contribution >= 0.6 is 0 Å². The van der Waals surface area contributed by atoms with Crippen LogP contribution < -0.4 is 0 Å². The predicted molar refractivity (Wildman–Crippen MR) is 213 cm³/mol. The molecule has 2 aromatic heterocycles. The summed E-state index contributed by atoms with van der Waals surface area (Å²) in [7, 11) is 0. The van der Waals surface area contributed by atoms with E-state index in [0.717, 1.165) is 60.4 Å².